The second kappa shape index (κ2) is 6.40. The molecule has 0 saturated carbocycles. The average molecular weight is 350 g/mol. The Kier molecular flexibility index (Phi) is 4.06. The first-order valence-corrected chi connectivity index (χ1v) is 8.89. The zero-order valence-corrected chi connectivity index (χ0v) is 15.3. The third-order valence-corrected chi connectivity index (χ3v) is 4.88. The lowest BCUT2D eigenvalue weighted by Gasteiger charge is -2.32. The number of amides is 1. The molecule has 7 heteroatoms. The lowest BCUT2D eigenvalue weighted by Crippen LogP contribution is -2.41. The van der Waals surface area contributed by atoms with Crippen LogP contribution in [0.15, 0.2) is 36.5 Å². The van der Waals surface area contributed by atoms with E-state index in [9.17, 15) is 4.79 Å². The van der Waals surface area contributed by atoms with E-state index in [4.69, 9.17) is 0 Å². The molecule has 1 aliphatic heterocycles. The van der Waals surface area contributed by atoms with Crippen molar-refractivity contribution in [2.75, 3.05) is 0 Å². The highest BCUT2D eigenvalue weighted by Crippen LogP contribution is 2.30. The zero-order valence-electron chi connectivity index (χ0n) is 15.3. The maximum absolute atomic E-state index is 12.9. The van der Waals surface area contributed by atoms with E-state index in [0.29, 0.717) is 13.1 Å². The fourth-order valence-corrected chi connectivity index (χ4v) is 3.48. The molecule has 0 fully saturated rings. The molecule has 134 valence electrons. The highest BCUT2D eigenvalue weighted by atomic mass is 16.2. The summed E-state index contributed by atoms with van der Waals surface area (Å²) in [6.45, 7) is 7.75. The number of fused-ring (bicyclic) bond motifs is 1. The Bertz CT molecular complexity index is 942. The van der Waals surface area contributed by atoms with Gasteiger partial charge in [0.1, 0.15) is 6.04 Å². The Morgan fingerprint density at radius 3 is 2.65 bits per heavy atom. The maximum atomic E-state index is 12.9. The Morgan fingerprint density at radius 1 is 1.19 bits per heavy atom. The molecule has 0 unspecified atom stereocenters. The van der Waals surface area contributed by atoms with E-state index in [1.165, 1.54) is 0 Å². The molecule has 4 rings (SSSR count). The number of aryl methyl sites for hydroxylation is 2. The van der Waals surface area contributed by atoms with Crippen LogP contribution in [0.3, 0.4) is 0 Å². The van der Waals surface area contributed by atoms with E-state index >= 15 is 0 Å². The van der Waals surface area contributed by atoms with Crippen molar-refractivity contribution in [2.24, 2.45) is 0 Å². The van der Waals surface area contributed by atoms with E-state index in [1.807, 2.05) is 71.4 Å². The lowest BCUT2D eigenvalue weighted by atomic mass is 10.1. The third kappa shape index (κ3) is 2.69. The molecule has 7 nitrogen and oxygen atoms in total. The monoisotopic (exact) mass is 350 g/mol. The number of carbonyl (C=O) groups is 1. The van der Waals surface area contributed by atoms with E-state index in [1.54, 1.807) is 0 Å². The van der Waals surface area contributed by atoms with Crippen molar-refractivity contribution >= 4 is 5.91 Å². The summed E-state index contributed by atoms with van der Waals surface area (Å²) >= 11 is 0. The summed E-state index contributed by atoms with van der Waals surface area (Å²) in [4.78, 5) is 14.8. The summed E-state index contributed by atoms with van der Waals surface area (Å²) in [6, 6.07) is 9.68. The molecule has 3 aromatic rings. The molecule has 0 aliphatic carbocycles. The maximum Gasteiger partial charge on any atom is 0.246 e. The van der Waals surface area contributed by atoms with Crippen LogP contribution in [0.5, 0.6) is 0 Å². The molecular formula is C19H22N6O. The molecule has 0 saturated heterocycles. The van der Waals surface area contributed by atoms with E-state index in [2.05, 4.69) is 15.3 Å². The van der Waals surface area contributed by atoms with Crippen molar-refractivity contribution in [1.29, 1.82) is 0 Å². The second-order valence-electron chi connectivity index (χ2n) is 6.65. The smallest absolute Gasteiger partial charge is 0.246 e. The van der Waals surface area contributed by atoms with Crippen LogP contribution < -0.4 is 0 Å². The summed E-state index contributed by atoms with van der Waals surface area (Å²) in [5.41, 5.74) is 2.94. The van der Waals surface area contributed by atoms with Crippen LogP contribution in [0.1, 0.15) is 37.0 Å². The highest BCUT2D eigenvalue weighted by molar-refractivity contribution is 5.82. The van der Waals surface area contributed by atoms with Crippen molar-refractivity contribution in [3.8, 4) is 11.4 Å². The molecule has 0 radical (unpaired) electrons. The molecule has 1 atom stereocenters. The number of carbonyl (C=O) groups excluding carboxylic acids is 1. The Labute approximate surface area is 152 Å². The predicted molar refractivity (Wildman–Crippen MR) is 97.1 cm³/mol. The molecule has 26 heavy (non-hydrogen) atoms. The van der Waals surface area contributed by atoms with Gasteiger partial charge < -0.3 is 4.90 Å². The normalized spacial score (nSPS) is 16.8. The lowest BCUT2D eigenvalue weighted by molar-refractivity contribution is -0.137. The van der Waals surface area contributed by atoms with Crippen LogP contribution in [-0.4, -0.2) is 35.4 Å². The van der Waals surface area contributed by atoms with Gasteiger partial charge in [-0.3, -0.25) is 14.0 Å². The number of rotatable bonds is 4. The number of hydrogen-bond donors (Lipinski definition) is 0. The van der Waals surface area contributed by atoms with Crippen molar-refractivity contribution in [3.05, 3.63) is 53.6 Å². The molecule has 1 amide bonds. The van der Waals surface area contributed by atoms with E-state index in [0.717, 1.165) is 35.0 Å². The van der Waals surface area contributed by atoms with Gasteiger partial charge in [0.2, 0.25) is 5.91 Å². The van der Waals surface area contributed by atoms with Crippen molar-refractivity contribution in [2.45, 2.75) is 46.4 Å². The van der Waals surface area contributed by atoms with Gasteiger partial charge in [0, 0.05) is 19.3 Å². The molecule has 2 aromatic heterocycles. The van der Waals surface area contributed by atoms with E-state index < -0.39 is 0 Å². The quantitative estimate of drug-likeness (QED) is 0.725. The van der Waals surface area contributed by atoms with Crippen LogP contribution in [0.2, 0.25) is 0 Å². The minimum atomic E-state index is -0.336. The minimum Gasteiger partial charge on any atom is -0.329 e. The predicted octanol–water partition coefficient (Wildman–Crippen LogP) is 2.57. The number of aromatic nitrogens is 5. The minimum absolute atomic E-state index is 0.0861. The first kappa shape index (κ1) is 16.5. The topological polar surface area (TPSA) is 68.8 Å². The van der Waals surface area contributed by atoms with Gasteiger partial charge in [-0.15, -0.1) is 10.2 Å². The standard InChI is InChI=1S/C19H22N6O/c1-4-24-11-16(13(2)22-24)18-21-20-17-12-23(19(26)14(3)25(17)18)10-15-8-6-5-7-9-15/h5-9,11,14H,4,10,12H2,1-3H3/t14-/m1/s1. The summed E-state index contributed by atoms with van der Waals surface area (Å²) in [5, 5.41) is 13.2. The summed E-state index contributed by atoms with van der Waals surface area (Å²) in [5.74, 6) is 1.62. The van der Waals surface area contributed by atoms with Gasteiger partial charge in [-0.25, -0.2) is 0 Å². The van der Waals surface area contributed by atoms with Gasteiger partial charge >= 0.3 is 0 Å². The van der Waals surface area contributed by atoms with Crippen LogP contribution in [-0.2, 0) is 24.4 Å². The van der Waals surface area contributed by atoms with Crippen LogP contribution in [0.4, 0.5) is 0 Å². The summed E-state index contributed by atoms with van der Waals surface area (Å²) in [7, 11) is 0. The first-order valence-electron chi connectivity index (χ1n) is 8.89. The van der Waals surface area contributed by atoms with Gasteiger partial charge in [-0.2, -0.15) is 5.10 Å². The van der Waals surface area contributed by atoms with E-state index in [-0.39, 0.29) is 11.9 Å². The largest absolute Gasteiger partial charge is 0.329 e. The number of benzene rings is 1. The van der Waals surface area contributed by atoms with Gasteiger partial charge in [0.05, 0.1) is 17.8 Å². The second-order valence-corrected chi connectivity index (χ2v) is 6.65. The van der Waals surface area contributed by atoms with Crippen molar-refractivity contribution in [1.82, 2.24) is 29.4 Å². The Morgan fingerprint density at radius 2 is 1.96 bits per heavy atom. The molecule has 1 aromatic carbocycles. The van der Waals surface area contributed by atoms with Gasteiger partial charge in [0.25, 0.3) is 0 Å². The molecule has 3 heterocycles. The zero-order chi connectivity index (χ0) is 18.3. The van der Waals surface area contributed by atoms with Crippen LogP contribution >= 0.6 is 0 Å². The molecule has 0 bridgehead atoms. The van der Waals surface area contributed by atoms with Gasteiger partial charge in [-0.05, 0) is 26.3 Å². The van der Waals surface area contributed by atoms with Crippen LogP contribution in [0, 0.1) is 6.92 Å². The number of nitrogens with zero attached hydrogens (tertiary/aromatic N) is 6. The van der Waals surface area contributed by atoms with Crippen molar-refractivity contribution < 1.29 is 4.79 Å². The highest BCUT2D eigenvalue weighted by Gasteiger charge is 2.34. The van der Waals surface area contributed by atoms with Gasteiger partial charge in [0.15, 0.2) is 11.6 Å². The first-order chi connectivity index (χ1) is 12.6. The van der Waals surface area contributed by atoms with Gasteiger partial charge in [-0.1, -0.05) is 30.3 Å². The molecule has 0 spiro atoms. The van der Waals surface area contributed by atoms with Crippen molar-refractivity contribution in [3.63, 3.8) is 0 Å². The number of hydrogen-bond acceptors (Lipinski definition) is 4. The Balaban J connectivity index is 1.68. The summed E-state index contributed by atoms with van der Waals surface area (Å²) < 4.78 is 3.83. The fourth-order valence-electron chi connectivity index (χ4n) is 3.48. The SMILES string of the molecule is CCn1cc(-c2nnc3n2[C@H](C)C(=O)N(Cc2ccccc2)C3)c(C)n1. The Hall–Kier alpha value is -2.96. The molecule has 1 aliphatic rings. The molecule has 0 N–H and O–H groups in total. The molecular weight excluding hydrogens is 328 g/mol. The van der Waals surface area contributed by atoms with Crippen LogP contribution in [0.25, 0.3) is 11.4 Å². The fraction of sp³-hybridized carbons (Fsp3) is 0.368. The average Bonchev–Trinajstić information content (AvgIpc) is 3.23. The summed E-state index contributed by atoms with van der Waals surface area (Å²) in [6.07, 6.45) is 1.97. The third-order valence-electron chi connectivity index (χ3n) is 4.88.